The summed E-state index contributed by atoms with van der Waals surface area (Å²) in [4.78, 5) is 0. The number of aryl methyl sites for hydroxylation is 1. The van der Waals surface area contributed by atoms with Crippen molar-refractivity contribution in [2.45, 2.75) is 32.1 Å². The molecule has 2 aromatic carbocycles. The molecular formula is C18H20Cl. The molecule has 0 saturated carbocycles. The van der Waals surface area contributed by atoms with Gasteiger partial charge in [0.15, 0.2) is 0 Å². The summed E-state index contributed by atoms with van der Waals surface area (Å²) in [5.41, 5.74) is 3.88. The van der Waals surface area contributed by atoms with Crippen LogP contribution in [0.2, 0.25) is 5.02 Å². The summed E-state index contributed by atoms with van der Waals surface area (Å²) in [7, 11) is 0. The highest BCUT2D eigenvalue weighted by atomic mass is 35.5. The molecule has 0 amide bonds. The Bertz CT molecular complexity index is 482. The van der Waals surface area contributed by atoms with Crippen molar-refractivity contribution in [1.29, 1.82) is 0 Å². The zero-order chi connectivity index (χ0) is 13.5. The first-order valence-corrected chi connectivity index (χ1v) is 7.31. The van der Waals surface area contributed by atoms with Gasteiger partial charge in [-0.2, -0.15) is 0 Å². The lowest BCUT2D eigenvalue weighted by Gasteiger charge is -2.05. The van der Waals surface area contributed by atoms with E-state index in [-0.39, 0.29) is 0 Å². The summed E-state index contributed by atoms with van der Waals surface area (Å²) in [6, 6.07) is 16.8. The van der Waals surface area contributed by atoms with Crippen molar-refractivity contribution >= 4 is 11.6 Å². The highest BCUT2D eigenvalue weighted by Crippen LogP contribution is 2.22. The van der Waals surface area contributed by atoms with Gasteiger partial charge in [0.2, 0.25) is 0 Å². The quantitative estimate of drug-likeness (QED) is 0.570. The fourth-order valence-corrected chi connectivity index (χ4v) is 2.31. The molecule has 2 rings (SSSR count). The molecule has 0 aliphatic rings. The summed E-state index contributed by atoms with van der Waals surface area (Å²) in [6.45, 7) is 3.87. The minimum Gasteiger partial charge on any atom is -0.0843 e. The summed E-state index contributed by atoms with van der Waals surface area (Å²) in [6.07, 6.45) is 6.00. The van der Waals surface area contributed by atoms with Crippen LogP contribution in [0.3, 0.4) is 0 Å². The topological polar surface area (TPSA) is 0 Å². The van der Waals surface area contributed by atoms with Gasteiger partial charge in [0, 0.05) is 5.02 Å². The number of rotatable bonds is 6. The first-order valence-electron chi connectivity index (χ1n) is 6.94. The van der Waals surface area contributed by atoms with E-state index >= 15 is 0 Å². The Labute approximate surface area is 121 Å². The van der Waals surface area contributed by atoms with E-state index in [1.807, 2.05) is 12.1 Å². The molecule has 0 saturated heterocycles. The maximum absolute atomic E-state index is 5.90. The summed E-state index contributed by atoms with van der Waals surface area (Å²) < 4.78 is 0. The van der Waals surface area contributed by atoms with Crippen LogP contribution in [0.5, 0.6) is 0 Å². The summed E-state index contributed by atoms with van der Waals surface area (Å²) >= 11 is 5.90. The van der Waals surface area contributed by atoms with E-state index in [4.69, 9.17) is 11.6 Å². The van der Waals surface area contributed by atoms with Gasteiger partial charge in [-0.05, 0) is 41.7 Å². The smallest absolute Gasteiger partial charge is 0.0406 e. The highest BCUT2D eigenvalue weighted by molar-refractivity contribution is 6.30. The molecular weight excluding hydrogens is 252 g/mol. The third kappa shape index (κ3) is 4.40. The third-order valence-electron chi connectivity index (χ3n) is 3.35. The molecule has 0 spiro atoms. The second kappa shape index (κ2) is 7.35. The van der Waals surface area contributed by atoms with Crippen LogP contribution in [0, 0.1) is 6.92 Å². The van der Waals surface area contributed by atoms with Gasteiger partial charge >= 0.3 is 0 Å². The van der Waals surface area contributed by atoms with Crippen molar-refractivity contribution in [3.05, 3.63) is 66.0 Å². The molecule has 0 atom stereocenters. The van der Waals surface area contributed by atoms with E-state index in [9.17, 15) is 0 Å². The van der Waals surface area contributed by atoms with Gasteiger partial charge in [0.1, 0.15) is 0 Å². The van der Waals surface area contributed by atoms with Crippen molar-refractivity contribution in [1.82, 2.24) is 0 Å². The molecule has 0 aromatic heterocycles. The second-order valence-corrected chi connectivity index (χ2v) is 5.30. The van der Waals surface area contributed by atoms with Crippen LogP contribution in [-0.2, 0) is 6.42 Å². The van der Waals surface area contributed by atoms with Crippen molar-refractivity contribution in [3.8, 4) is 11.1 Å². The average Bonchev–Trinajstić information content (AvgIpc) is 2.45. The van der Waals surface area contributed by atoms with Crippen LogP contribution < -0.4 is 0 Å². The molecule has 0 heterocycles. The monoisotopic (exact) mass is 271 g/mol. The molecule has 2 aromatic rings. The van der Waals surface area contributed by atoms with E-state index < -0.39 is 0 Å². The Morgan fingerprint density at radius 1 is 0.737 bits per heavy atom. The largest absolute Gasteiger partial charge is 0.0843 e. The summed E-state index contributed by atoms with van der Waals surface area (Å²) in [5, 5.41) is 0.783. The molecule has 0 nitrogen and oxygen atoms in total. The van der Waals surface area contributed by atoms with Gasteiger partial charge in [-0.1, -0.05) is 74.2 Å². The Morgan fingerprint density at radius 2 is 1.32 bits per heavy atom. The van der Waals surface area contributed by atoms with Gasteiger partial charge in [-0.15, -0.1) is 0 Å². The zero-order valence-corrected chi connectivity index (χ0v) is 12.0. The lowest BCUT2D eigenvalue weighted by Crippen LogP contribution is -1.86. The molecule has 0 bridgehead atoms. The van der Waals surface area contributed by atoms with Gasteiger partial charge in [-0.3, -0.25) is 0 Å². The van der Waals surface area contributed by atoms with E-state index in [1.165, 1.54) is 42.4 Å². The van der Waals surface area contributed by atoms with Crippen LogP contribution in [0.25, 0.3) is 11.1 Å². The average molecular weight is 272 g/mol. The number of unbranched alkanes of at least 4 members (excludes halogenated alkanes) is 3. The number of hydrogen-bond acceptors (Lipinski definition) is 0. The van der Waals surface area contributed by atoms with Crippen LogP contribution in [0.4, 0.5) is 0 Å². The van der Waals surface area contributed by atoms with E-state index in [2.05, 4.69) is 43.3 Å². The van der Waals surface area contributed by atoms with Crippen LogP contribution >= 0.6 is 11.6 Å². The molecule has 1 radical (unpaired) electrons. The first kappa shape index (κ1) is 14.1. The number of halogens is 1. The van der Waals surface area contributed by atoms with Crippen LogP contribution in [0.15, 0.2) is 48.5 Å². The number of benzene rings is 2. The standard InChI is InChI=1S/C18H20Cl/c1-2-3-4-5-6-15-7-9-16(10-8-15)17-11-13-18(19)14-12-17/h7-14H,1-6H2. The fourth-order valence-electron chi connectivity index (χ4n) is 2.19. The third-order valence-corrected chi connectivity index (χ3v) is 3.60. The van der Waals surface area contributed by atoms with Crippen molar-refractivity contribution in [2.75, 3.05) is 0 Å². The normalized spacial score (nSPS) is 10.6. The Hall–Kier alpha value is -1.27. The highest BCUT2D eigenvalue weighted by Gasteiger charge is 1.98. The van der Waals surface area contributed by atoms with E-state index in [0.717, 1.165) is 11.4 Å². The SMILES string of the molecule is [CH2]CCCCCc1ccc(-c2ccc(Cl)cc2)cc1. The summed E-state index contributed by atoms with van der Waals surface area (Å²) in [5.74, 6) is 0. The molecule has 99 valence electrons. The van der Waals surface area contributed by atoms with Crippen molar-refractivity contribution < 1.29 is 0 Å². The van der Waals surface area contributed by atoms with Crippen molar-refractivity contribution in [2.24, 2.45) is 0 Å². The van der Waals surface area contributed by atoms with Crippen LogP contribution in [-0.4, -0.2) is 0 Å². The second-order valence-electron chi connectivity index (χ2n) is 4.87. The minimum atomic E-state index is 0.783. The van der Waals surface area contributed by atoms with Gasteiger partial charge in [0.25, 0.3) is 0 Å². The van der Waals surface area contributed by atoms with Gasteiger partial charge < -0.3 is 0 Å². The van der Waals surface area contributed by atoms with Gasteiger partial charge in [0.05, 0.1) is 0 Å². The molecule has 19 heavy (non-hydrogen) atoms. The maximum Gasteiger partial charge on any atom is 0.0406 e. The first-order chi connectivity index (χ1) is 9.29. The van der Waals surface area contributed by atoms with Crippen LogP contribution in [0.1, 0.15) is 31.2 Å². The Morgan fingerprint density at radius 3 is 1.89 bits per heavy atom. The molecule has 0 fully saturated rings. The maximum atomic E-state index is 5.90. The molecule has 0 unspecified atom stereocenters. The van der Waals surface area contributed by atoms with E-state index in [1.54, 1.807) is 0 Å². The molecule has 0 N–H and O–H groups in total. The lowest BCUT2D eigenvalue weighted by molar-refractivity contribution is 0.686. The molecule has 0 aliphatic carbocycles. The molecule has 0 aliphatic heterocycles. The Kier molecular flexibility index (Phi) is 5.47. The molecule has 1 heteroatoms. The minimum absolute atomic E-state index is 0.783. The lowest BCUT2D eigenvalue weighted by atomic mass is 10.0. The predicted octanol–water partition coefficient (Wildman–Crippen LogP) is 5.94. The zero-order valence-electron chi connectivity index (χ0n) is 11.2. The number of hydrogen-bond donors (Lipinski definition) is 0. The Balaban J connectivity index is 1.96. The van der Waals surface area contributed by atoms with Crippen molar-refractivity contribution in [3.63, 3.8) is 0 Å². The van der Waals surface area contributed by atoms with Gasteiger partial charge in [-0.25, -0.2) is 0 Å². The van der Waals surface area contributed by atoms with E-state index in [0.29, 0.717) is 0 Å². The predicted molar refractivity (Wildman–Crippen MR) is 84.4 cm³/mol. The fraction of sp³-hybridized carbons (Fsp3) is 0.278.